The van der Waals surface area contributed by atoms with Crippen molar-refractivity contribution >= 4 is 11.6 Å². The number of anilines is 1. The van der Waals surface area contributed by atoms with Gasteiger partial charge in [0, 0.05) is 12.6 Å². The fraction of sp³-hybridized carbons (Fsp3) is 0.278. The number of hydrogen-bond donors (Lipinski definition) is 1. The van der Waals surface area contributed by atoms with Gasteiger partial charge in [-0.3, -0.25) is 9.69 Å². The van der Waals surface area contributed by atoms with Gasteiger partial charge in [0.1, 0.15) is 24.0 Å². The van der Waals surface area contributed by atoms with Gasteiger partial charge in [0.25, 0.3) is 0 Å². The minimum Gasteiger partial charge on any atom is -0.492 e. The normalized spacial score (nSPS) is 10.7. The molecule has 0 spiro atoms. The van der Waals surface area contributed by atoms with Crippen molar-refractivity contribution in [3.05, 3.63) is 59.7 Å². The number of ether oxygens (including phenoxy) is 1. The van der Waals surface area contributed by atoms with Crippen molar-refractivity contribution in [2.45, 2.75) is 6.92 Å². The number of amides is 1. The van der Waals surface area contributed by atoms with Crippen molar-refractivity contribution in [3.8, 4) is 5.75 Å². The molecule has 2 aromatic rings. The van der Waals surface area contributed by atoms with E-state index < -0.39 is 17.5 Å². The molecule has 24 heavy (non-hydrogen) atoms. The minimum absolute atomic E-state index is 0.0488. The molecule has 0 saturated carbocycles. The summed E-state index contributed by atoms with van der Waals surface area (Å²) in [5.74, 6) is -0.931. The van der Waals surface area contributed by atoms with Gasteiger partial charge in [0.2, 0.25) is 5.91 Å². The van der Waals surface area contributed by atoms with Crippen LogP contribution in [0.15, 0.2) is 42.5 Å². The summed E-state index contributed by atoms with van der Waals surface area (Å²) in [6.45, 7) is 2.99. The lowest BCUT2D eigenvalue weighted by Crippen LogP contribution is -2.33. The Morgan fingerprint density at radius 2 is 1.88 bits per heavy atom. The Morgan fingerprint density at radius 3 is 2.58 bits per heavy atom. The van der Waals surface area contributed by atoms with Gasteiger partial charge in [-0.2, -0.15) is 0 Å². The zero-order valence-electron chi connectivity index (χ0n) is 13.7. The molecule has 2 aromatic carbocycles. The van der Waals surface area contributed by atoms with E-state index in [0.29, 0.717) is 13.2 Å². The summed E-state index contributed by atoms with van der Waals surface area (Å²) >= 11 is 0. The van der Waals surface area contributed by atoms with Gasteiger partial charge >= 0.3 is 0 Å². The third-order valence-electron chi connectivity index (χ3n) is 3.38. The molecule has 0 fully saturated rings. The van der Waals surface area contributed by atoms with E-state index in [1.807, 2.05) is 31.2 Å². The first kappa shape index (κ1) is 17.9. The van der Waals surface area contributed by atoms with E-state index in [4.69, 9.17) is 4.74 Å². The second kappa shape index (κ2) is 8.40. The largest absolute Gasteiger partial charge is 0.492 e. The van der Waals surface area contributed by atoms with Crippen LogP contribution >= 0.6 is 0 Å². The van der Waals surface area contributed by atoms with Crippen LogP contribution in [0.1, 0.15) is 5.56 Å². The van der Waals surface area contributed by atoms with Crippen LogP contribution in [0.2, 0.25) is 0 Å². The van der Waals surface area contributed by atoms with E-state index in [0.717, 1.165) is 29.5 Å². The van der Waals surface area contributed by atoms with E-state index >= 15 is 0 Å². The number of aryl methyl sites for hydroxylation is 1. The Bertz CT molecular complexity index is 690. The lowest BCUT2D eigenvalue weighted by molar-refractivity contribution is -0.117. The zero-order valence-corrected chi connectivity index (χ0v) is 13.7. The van der Waals surface area contributed by atoms with Crippen molar-refractivity contribution in [1.82, 2.24) is 4.90 Å². The Labute approximate surface area is 140 Å². The maximum atomic E-state index is 13.5. The molecule has 0 aliphatic carbocycles. The van der Waals surface area contributed by atoms with Crippen LogP contribution < -0.4 is 10.1 Å². The highest BCUT2D eigenvalue weighted by atomic mass is 19.1. The Kier molecular flexibility index (Phi) is 6.26. The molecule has 0 unspecified atom stereocenters. The maximum absolute atomic E-state index is 13.5. The summed E-state index contributed by atoms with van der Waals surface area (Å²) in [7, 11) is 1.75. The van der Waals surface area contributed by atoms with Crippen LogP contribution in [0, 0.1) is 18.6 Å². The number of benzene rings is 2. The molecule has 1 amide bonds. The number of carbonyl (C=O) groups excluding carboxylic acids is 1. The van der Waals surface area contributed by atoms with Gasteiger partial charge in [-0.25, -0.2) is 8.78 Å². The third-order valence-corrected chi connectivity index (χ3v) is 3.38. The van der Waals surface area contributed by atoms with E-state index in [9.17, 15) is 13.6 Å². The smallest absolute Gasteiger partial charge is 0.238 e. The number of halogens is 2. The zero-order chi connectivity index (χ0) is 17.5. The van der Waals surface area contributed by atoms with Crippen molar-refractivity contribution in [2.24, 2.45) is 0 Å². The summed E-state index contributed by atoms with van der Waals surface area (Å²) in [5, 5.41) is 2.36. The Hall–Kier alpha value is -2.47. The summed E-state index contributed by atoms with van der Waals surface area (Å²) in [5.41, 5.74) is 0.991. The van der Waals surface area contributed by atoms with E-state index in [2.05, 4.69) is 5.32 Å². The fourth-order valence-corrected chi connectivity index (χ4v) is 2.06. The number of nitrogens with one attached hydrogen (secondary N) is 1. The molecule has 0 saturated heterocycles. The molecule has 0 aliphatic heterocycles. The first-order chi connectivity index (χ1) is 11.4. The number of hydrogen-bond acceptors (Lipinski definition) is 3. The number of nitrogens with zero attached hydrogens (tertiary/aromatic N) is 1. The molecule has 0 radical (unpaired) electrons. The molecule has 0 aliphatic rings. The van der Waals surface area contributed by atoms with Gasteiger partial charge in [0.05, 0.1) is 12.2 Å². The molecule has 0 aromatic heterocycles. The molecular formula is C18H20F2N2O2. The predicted octanol–water partition coefficient (Wildman–Crippen LogP) is 3.22. The average Bonchev–Trinajstić information content (AvgIpc) is 2.53. The summed E-state index contributed by atoms with van der Waals surface area (Å²) in [6, 6.07) is 10.6. The average molecular weight is 334 g/mol. The first-order valence-electron chi connectivity index (χ1n) is 7.57. The highest BCUT2D eigenvalue weighted by Crippen LogP contribution is 2.15. The lowest BCUT2D eigenvalue weighted by Gasteiger charge is -2.17. The van der Waals surface area contributed by atoms with Crippen LogP contribution in [-0.4, -0.2) is 37.6 Å². The van der Waals surface area contributed by atoms with Crippen molar-refractivity contribution < 1.29 is 18.3 Å². The molecule has 0 bridgehead atoms. The second-order valence-electron chi connectivity index (χ2n) is 5.57. The highest BCUT2D eigenvalue weighted by Gasteiger charge is 2.10. The molecule has 128 valence electrons. The summed E-state index contributed by atoms with van der Waals surface area (Å²) in [4.78, 5) is 13.6. The van der Waals surface area contributed by atoms with Crippen molar-refractivity contribution in [1.29, 1.82) is 0 Å². The van der Waals surface area contributed by atoms with Crippen LogP contribution in [0.3, 0.4) is 0 Å². The number of carbonyl (C=O) groups is 1. The van der Waals surface area contributed by atoms with Gasteiger partial charge < -0.3 is 10.1 Å². The molecular weight excluding hydrogens is 314 g/mol. The SMILES string of the molecule is Cc1ccc(OCCN(C)CC(=O)Nc2cc(F)ccc2F)cc1. The quantitative estimate of drug-likeness (QED) is 0.845. The lowest BCUT2D eigenvalue weighted by atomic mass is 10.2. The molecule has 4 nitrogen and oxygen atoms in total. The van der Waals surface area contributed by atoms with E-state index in [-0.39, 0.29) is 12.2 Å². The molecule has 0 atom stereocenters. The summed E-state index contributed by atoms with van der Waals surface area (Å²) < 4.78 is 32.1. The monoisotopic (exact) mass is 334 g/mol. The van der Waals surface area contributed by atoms with Gasteiger partial charge in [-0.15, -0.1) is 0 Å². The van der Waals surface area contributed by atoms with E-state index in [1.54, 1.807) is 11.9 Å². The van der Waals surface area contributed by atoms with Crippen molar-refractivity contribution in [3.63, 3.8) is 0 Å². The van der Waals surface area contributed by atoms with Crippen LogP contribution in [0.5, 0.6) is 5.75 Å². The van der Waals surface area contributed by atoms with Crippen LogP contribution in [0.25, 0.3) is 0 Å². The molecule has 6 heteroatoms. The third kappa shape index (κ3) is 5.62. The first-order valence-corrected chi connectivity index (χ1v) is 7.57. The predicted molar refractivity (Wildman–Crippen MR) is 89.2 cm³/mol. The van der Waals surface area contributed by atoms with Crippen LogP contribution in [0.4, 0.5) is 14.5 Å². The maximum Gasteiger partial charge on any atom is 0.238 e. The summed E-state index contributed by atoms with van der Waals surface area (Å²) in [6.07, 6.45) is 0. The topological polar surface area (TPSA) is 41.6 Å². The standard InChI is InChI=1S/C18H20F2N2O2/c1-13-3-6-15(7-4-13)24-10-9-22(2)12-18(23)21-17-11-14(19)5-8-16(17)20/h3-8,11H,9-10,12H2,1-2H3,(H,21,23). The fourth-order valence-electron chi connectivity index (χ4n) is 2.06. The molecule has 1 N–H and O–H groups in total. The Morgan fingerprint density at radius 1 is 1.17 bits per heavy atom. The second-order valence-corrected chi connectivity index (χ2v) is 5.57. The van der Waals surface area contributed by atoms with Crippen LogP contribution in [-0.2, 0) is 4.79 Å². The van der Waals surface area contributed by atoms with Gasteiger partial charge in [0.15, 0.2) is 0 Å². The number of rotatable bonds is 7. The van der Waals surface area contributed by atoms with Gasteiger partial charge in [-0.05, 0) is 38.2 Å². The van der Waals surface area contributed by atoms with Crippen molar-refractivity contribution in [2.75, 3.05) is 32.1 Å². The number of likely N-dealkylation sites (N-methyl/N-ethyl adjacent to an activating group) is 1. The van der Waals surface area contributed by atoms with E-state index in [1.165, 1.54) is 0 Å². The minimum atomic E-state index is -0.671. The Balaban J connectivity index is 1.75. The molecule has 0 heterocycles. The highest BCUT2D eigenvalue weighted by molar-refractivity contribution is 5.92. The van der Waals surface area contributed by atoms with Gasteiger partial charge in [-0.1, -0.05) is 17.7 Å². The molecule has 2 rings (SSSR count).